The first kappa shape index (κ1) is 13.8. The van der Waals surface area contributed by atoms with Crippen LogP contribution in [0.4, 0.5) is 0 Å². The van der Waals surface area contributed by atoms with E-state index >= 15 is 0 Å². The molecule has 0 heterocycles. The number of hydrogen-bond acceptors (Lipinski definition) is 3. The van der Waals surface area contributed by atoms with E-state index in [0.717, 1.165) is 29.0 Å². The second-order valence-electron chi connectivity index (χ2n) is 4.49. The predicted octanol–water partition coefficient (Wildman–Crippen LogP) is 3.06. The van der Waals surface area contributed by atoms with Crippen molar-refractivity contribution in [3.63, 3.8) is 0 Å². The highest BCUT2D eigenvalue weighted by Gasteiger charge is 2.22. The van der Waals surface area contributed by atoms with Gasteiger partial charge in [-0.1, -0.05) is 20.3 Å². The molecule has 1 aromatic carbocycles. The minimum absolute atomic E-state index is 0.0644. The third kappa shape index (κ3) is 2.91. The summed E-state index contributed by atoms with van der Waals surface area (Å²) in [6.45, 7) is 6.30. The smallest absolute Gasteiger partial charge is 0.127 e. The van der Waals surface area contributed by atoms with Gasteiger partial charge in [0.2, 0.25) is 0 Å². The SMILES string of the molecule is CCC(C)[C@H](N)c1c(OC)cc(C)cc1OC. The fourth-order valence-electron chi connectivity index (χ4n) is 1.94. The van der Waals surface area contributed by atoms with E-state index in [-0.39, 0.29) is 6.04 Å². The van der Waals surface area contributed by atoms with Gasteiger partial charge in [-0.05, 0) is 30.5 Å². The summed E-state index contributed by atoms with van der Waals surface area (Å²) in [4.78, 5) is 0. The number of benzene rings is 1. The second-order valence-corrected chi connectivity index (χ2v) is 4.49. The van der Waals surface area contributed by atoms with E-state index in [1.165, 1.54) is 0 Å². The van der Waals surface area contributed by atoms with E-state index in [2.05, 4.69) is 13.8 Å². The highest BCUT2D eigenvalue weighted by molar-refractivity contribution is 5.49. The predicted molar refractivity (Wildman–Crippen MR) is 70.7 cm³/mol. The van der Waals surface area contributed by atoms with Crippen LogP contribution in [-0.4, -0.2) is 14.2 Å². The second kappa shape index (κ2) is 5.92. The van der Waals surface area contributed by atoms with E-state index in [1.807, 2.05) is 19.1 Å². The molecule has 0 aliphatic rings. The van der Waals surface area contributed by atoms with Crippen LogP contribution in [0.25, 0.3) is 0 Å². The van der Waals surface area contributed by atoms with Crippen molar-refractivity contribution in [1.82, 2.24) is 0 Å². The summed E-state index contributed by atoms with van der Waals surface area (Å²) in [6, 6.07) is 3.94. The van der Waals surface area contributed by atoms with Crippen LogP contribution in [0.2, 0.25) is 0 Å². The van der Waals surface area contributed by atoms with Crippen molar-refractivity contribution < 1.29 is 9.47 Å². The zero-order chi connectivity index (χ0) is 13.0. The fourth-order valence-corrected chi connectivity index (χ4v) is 1.94. The Labute approximate surface area is 104 Å². The molecular formula is C14H23NO2. The van der Waals surface area contributed by atoms with Crippen LogP contribution >= 0.6 is 0 Å². The Balaban J connectivity index is 3.28. The Bertz CT molecular complexity index is 351. The van der Waals surface area contributed by atoms with Gasteiger partial charge >= 0.3 is 0 Å². The van der Waals surface area contributed by atoms with Crippen LogP contribution in [0.3, 0.4) is 0 Å². The monoisotopic (exact) mass is 237 g/mol. The molecule has 2 N–H and O–H groups in total. The third-order valence-electron chi connectivity index (χ3n) is 3.28. The highest BCUT2D eigenvalue weighted by Crippen LogP contribution is 2.38. The minimum Gasteiger partial charge on any atom is -0.496 e. The zero-order valence-electron chi connectivity index (χ0n) is 11.4. The molecule has 3 heteroatoms. The number of aryl methyl sites for hydroxylation is 1. The van der Waals surface area contributed by atoms with Crippen LogP contribution in [-0.2, 0) is 0 Å². The molecule has 3 nitrogen and oxygen atoms in total. The normalized spacial score (nSPS) is 14.2. The summed E-state index contributed by atoms with van der Waals surface area (Å²) in [5.74, 6) is 2.02. The van der Waals surface area contributed by atoms with Gasteiger partial charge in [0.15, 0.2) is 0 Å². The van der Waals surface area contributed by atoms with E-state index < -0.39 is 0 Å². The lowest BCUT2D eigenvalue weighted by atomic mass is 9.91. The molecule has 0 fully saturated rings. The summed E-state index contributed by atoms with van der Waals surface area (Å²) in [5, 5.41) is 0. The van der Waals surface area contributed by atoms with Gasteiger partial charge in [0.25, 0.3) is 0 Å². The standard InChI is InChI=1S/C14H23NO2/c1-6-10(3)14(15)13-11(16-4)7-9(2)8-12(13)17-5/h7-8,10,14H,6,15H2,1-5H3/t10?,14-/m0/s1. The van der Waals surface area contributed by atoms with Crippen LogP contribution in [0, 0.1) is 12.8 Å². The maximum absolute atomic E-state index is 6.29. The van der Waals surface area contributed by atoms with Crippen molar-refractivity contribution in [1.29, 1.82) is 0 Å². The molecular weight excluding hydrogens is 214 g/mol. The molecule has 0 bridgehead atoms. The summed E-state index contributed by atoms with van der Waals surface area (Å²) < 4.78 is 10.8. The number of hydrogen-bond donors (Lipinski definition) is 1. The van der Waals surface area contributed by atoms with E-state index in [9.17, 15) is 0 Å². The Kier molecular flexibility index (Phi) is 4.82. The molecule has 0 spiro atoms. The fraction of sp³-hybridized carbons (Fsp3) is 0.571. The third-order valence-corrected chi connectivity index (χ3v) is 3.28. The molecule has 1 rings (SSSR count). The Morgan fingerprint density at radius 3 is 2.00 bits per heavy atom. The largest absolute Gasteiger partial charge is 0.496 e. The van der Waals surface area contributed by atoms with Crippen LogP contribution in [0.5, 0.6) is 11.5 Å². The average molecular weight is 237 g/mol. The van der Waals surface area contributed by atoms with Gasteiger partial charge < -0.3 is 15.2 Å². The lowest BCUT2D eigenvalue weighted by molar-refractivity contribution is 0.359. The number of rotatable bonds is 5. The van der Waals surface area contributed by atoms with Gasteiger partial charge in [-0.3, -0.25) is 0 Å². The summed E-state index contributed by atoms with van der Waals surface area (Å²) in [6.07, 6.45) is 1.03. The molecule has 96 valence electrons. The molecule has 2 atom stereocenters. The van der Waals surface area contributed by atoms with E-state index in [4.69, 9.17) is 15.2 Å². The number of ether oxygens (including phenoxy) is 2. The number of methoxy groups -OCH3 is 2. The maximum atomic E-state index is 6.29. The van der Waals surface area contributed by atoms with Crippen molar-refractivity contribution in [3.8, 4) is 11.5 Å². The van der Waals surface area contributed by atoms with Gasteiger partial charge in [-0.15, -0.1) is 0 Å². The maximum Gasteiger partial charge on any atom is 0.127 e. The van der Waals surface area contributed by atoms with Crippen LogP contribution in [0.1, 0.15) is 37.4 Å². The molecule has 0 aliphatic heterocycles. The first-order valence-corrected chi connectivity index (χ1v) is 6.03. The van der Waals surface area contributed by atoms with E-state index in [1.54, 1.807) is 14.2 Å². The molecule has 0 saturated carbocycles. The van der Waals surface area contributed by atoms with Gasteiger partial charge in [-0.25, -0.2) is 0 Å². The first-order chi connectivity index (χ1) is 8.04. The van der Waals surface area contributed by atoms with Crippen molar-refractivity contribution in [2.24, 2.45) is 11.7 Å². The van der Waals surface area contributed by atoms with Gasteiger partial charge in [0.05, 0.1) is 19.8 Å². The van der Waals surface area contributed by atoms with Gasteiger partial charge in [0.1, 0.15) is 11.5 Å². The summed E-state index contributed by atoms with van der Waals surface area (Å²) in [5.41, 5.74) is 8.37. The summed E-state index contributed by atoms with van der Waals surface area (Å²) in [7, 11) is 3.34. The quantitative estimate of drug-likeness (QED) is 0.856. The Morgan fingerprint density at radius 2 is 1.65 bits per heavy atom. The Morgan fingerprint density at radius 1 is 1.18 bits per heavy atom. The molecule has 0 radical (unpaired) electrons. The molecule has 0 saturated heterocycles. The van der Waals surface area contributed by atoms with Gasteiger partial charge in [-0.2, -0.15) is 0 Å². The molecule has 0 aromatic heterocycles. The summed E-state index contributed by atoms with van der Waals surface area (Å²) >= 11 is 0. The average Bonchev–Trinajstić information content (AvgIpc) is 2.35. The molecule has 0 aliphatic carbocycles. The zero-order valence-corrected chi connectivity index (χ0v) is 11.4. The first-order valence-electron chi connectivity index (χ1n) is 6.03. The lowest BCUT2D eigenvalue weighted by Gasteiger charge is -2.23. The van der Waals surface area contributed by atoms with Crippen molar-refractivity contribution in [2.45, 2.75) is 33.2 Å². The van der Waals surface area contributed by atoms with Crippen molar-refractivity contribution >= 4 is 0 Å². The van der Waals surface area contributed by atoms with Crippen molar-refractivity contribution in [2.75, 3.05) is 14.2 Å². The van der Waals surface area contributed by atoms with Crippen LogP contribution in [0.15, 0.2) is 12.1 Å². The van der Waals surface area contributed by atoms with Crippen LogP contribution < -0.4 is 15.2 Å². The topological polar surface area (TPSA) is 44.5 Å². The van der Waals surface area contributed by atoms with E-state index in [0.29, 0.717) is 5.92 Å². The highest BCUT2D eigenvalue weighted by atomic mass is 16.5. The van der Waals surface area contributed by atoms with Gasteiger partial charge in [0, 0.05) is 6.04 Å². The van der Waals surface area contributed by atoms with Crippen molar-refractivity contribution in [3.05, 3.63) is 23.3 Å². The Hall–Kier alpha value is -1.22. The minimum atomic E-state index is -0.0644. The number of nitrogens with two attached hydrogens (primary N) is 1. The molecule has 1 unspecified atom stereocenters. The lowest BCUT2D eigenvalue weighted by Crippen LogP contribution is -2.20. The molecule has 0 amide bonds. The molecule has 17 heavy (non-hydrogen) atoms. The molecule has 1 aromatic rings.